The van der Waals surface area contributed by atoms with Gasteiger partial charge in [0, 0.05) is 6.04 Å². The average molecular weight is 187 g/mol. The van der Waals surface area contributed by atoms with Crippen LogP contribution in [0.5, 0.6) is 0 Å². The fourth-order valence-corrected chi connectivity index (χ4v) is 1.60. The fraction of sp³-hybridized carbons (Fsp3) is 1.00. The molecule has 13 heavy (non-hydrogen) atoms. The summed E-state index contributed by atoms with van der Waals surface area (Å²) < 4.78 is 0. The third-order valence-corrected chi connectivity index (χ3v) is 2.29. The topological polar surface area (TPSA) is 3.24 Å². The van der Waals surface area contributed by atoms with Crippen LogP contribution in [0.1, 0.15) is 53.9 Å². The van der Waals surface area contributed by atoms with Gasteiger partial charge in [0.25, 0.3) is 0 Å². The largest absolute Gasteiger partial charge is 0.306 e. The van der Waals surface area contributed by atoms with Crippen LogP contribution in [-0.4, -0.2) is 25.0 Å². The molecule has 0 heterocycles. The normalized spacial score (nSPS) is 12.7. The molecule has 0 fully saturated rings. The lowest BCUT2D eigenvalue weighted by atomic mass is 9.98. The minimum absolute atomic E-state index is 0.773. The lowest BCUT2D eigenvalue weighted by Crippen LogP contribution is -2.32. The van der Waals surface area contributed by atoms with E-state index in [1.165, 1.54) is 19.3 Å². The SMILES string of the molecule is CC.CCCCC(C(C)C)N(C)C. The Balaban J connectivity index is 0. The van der Waals surface area contributed by atoms with E-state index in [1.54, 1.807) is 0 Å². The molecule has 0 amide bonds. The second kappa shape index (κ2) is 10.0. The zero-order valence-electron chi connectivity index (χ0n) is 10.7. The number of unbranched alkanes of at least 4 members (excludes halogenated alkanes) is 1. The van der Waals surface area contributed by atoms with E-state index >= 15 is 0 Å². The molecule has 0 rings (SSSR count). The van der Waals surface area contributed by atoms with Crippen LogP contribution in [-0.2, 0) is 0 Å². The van der Waals surface area contributed by atoms with Crippen molar-refractivity contribution in [2.75, 3.05) is 14.1 Å². The smallest absolute Gasteiger partial charge is 0.0112 e. The van der Waals surface area contributed by atoms with Crippen LogP contribution in [0.15, 0.2) is 0 Å². The average Bonchev–Trinajstić information content (AvgIpc) is 2.07. The molecule has 1 nitrogen and oxygen atoms in total. The first-order valence-corrected chi connectivity index (χ1v) is 5.76. The lowest BCUT2D eigenvalue weighted by Gasteiger charge is -2.27. The Labute approximate surface area is 85.5 Å². The molecule has 0 saturated carbocycles. The third kappa shape index (κ3) is 8.29. The van der Waals surface area contributed by atoms with Gasteiger partial charge in [-0.3, -0.25) is 0 Å². The molecule has 0 spiro atoms. The Morgan fingerprint density at radius 3 is 1.77 bits per heavy atom. The van der Waals surface area contributed by atoms with E-state index in [9.17, 15) is 0 Å². The summed E-state index contributed by atoms with van der Waals surface area (Å²) in [7, 11) is 4.36. The summed E-state index contributed by atoms with van der Waals surface area (Å²) in [5.41, 5.74) is 0. The van der Waals surface area contributed by atoms with Crippen molar-refractivity contribution in [3.05, 3.63) is 0 Å². The summed E-state index contributed by atoms with van der Waals surface area (Å²) >= 11 is 0. The van der Waals surface area contributed by atoms with Gasteiger partial charge in [0.2, 0.25) is 0 Å². The van der Waals surface area contributed by atoms with Gasteiger partial charge in [-0.05, 0) is 26.4 Å². The monoisotopic (exact) mass is 187 g/mol. The molecule has 1 unspecified atom stereocenters. The number of hydrogen-bond acceptors (Lipinski definition) is 1. The van der Waals surface area contributed by atoms with Gasteiger partial charge in [-0.25, -0.2) is 0 Å². The molecule has 0 aromatic carbocycles. The van der Waals surface area contributed by atoms with Crippen molar-refractivity contribution in [2.45, 2.75) is 59.9 Å². The van der Waals surface area contributed by atoms with Crippen LogP contribution in [0.2, 0.25) is 0 Å². The minimum atomic E-state index is 0.773. The van der Waals surface area contributed by atoms with Crippen molar-refractivity contribution in [3.63, 3.8) is 0 Å². The van der Waals surface area contributed by atoms with Gasteiger partial charge in [0.15, 0.2) is 0 Å². The van der Waals surface area contributed by atoms with Crippen LogP contribution >= 0.6 is 0 Å². The molecule has 0 aliphatic carbocycles. The highest BCUT2D eigenvalue weighted by molar-refractivity contribution is 4.69. The highest BCUT2D eigenvalue weighted by Gasteiger charge is 2.13. The van der Waals surface area contributed by atoms with Crippen LogP contribution < -0.4 is 0 Å². The molecule has 0 radical (unpaired) electrons. The van der Waals surface area contributed by atoms with Crippen molar-refractivity contribution >= 4 is 0 Å². The first kappa shape index (κ1) is 15.4. The van der Waals surface area contributed by atoms with Gasteiger partial charge < -0.3 is 4.90 Å². The summed E-state index contributed by atoms with van der Waals surface area (Å²) in [4.78, 5) is 2.35. The first-order valence-electron chi connectivity index (χ1n) is 5.76. The van der Waals surface area contributed by atoms with E-state index in [0.29, 0.717) is 0 Å². The highest BCUT2D eigenvalue weighted by Crippen LogP contribution is 2.14. The van der Waals surface area contributed by atoms with E-state index in [1.807, 2.05) is 13.8 Å². The molecule has 0 saturated heterocycles. The third-order valence-electron chi connectivity index (χ3n) is 2.29. The summed E-state index contributed by atoms with van der Waals surface area (Å²) in [6.07, 6.45) is 4.03. The van der Waals surface area contributed by atoms with Gasteiger partial charge in [-0.15, -0.1) is 0 Å². The predicted molar refractivity (Wildman–Crippen MR) is 63.2 cm³/mol. The molecule has 0 bridgehead atoms. The van der Waals surface area contributed by atoms with Crippen LogP contribution in [0, 0.1) is 5.92 Å². The Kier molecular flexibility index (Phi) is 11.9. The van der Waals surface area contributed by atoms with Gasteiger partial charge >= 0.3 is 0 Å². The van der Waals surface area contributed by atoms with Crippen LogP contribution in [0.3, 0.4) is 0 Å². The molecular formula is C12H29N. The maximum atomic E-state index is 2.35. The Bertz CT molecular complexity index is 79.1. The van der Waals surface area contributed by atoms with Gasteiger partial charge in [0.1, 0.15) is 0 Å². The van der Waals surface area contributed by atoms with Gasteiger partial charge in [0.05, 0.1) is 0 Å². The van der Waals surface area contributed by atoms with Crippen molar-refractivity contribution in [3.8, 4) is 0 Å². The summed E-state index contributed by atoms with van der Waals surface area (Å²) in [6.45, 7) is 10.9. The molecular weight excluding hydrogens is 158 g/mol. The fourth-order valence-electron chi connectivity index (χ4n) is 1.60. The van der Waals surface area contributed by atoms with E-state index < -0.39 is 0 Å². The lowest BCUT2D eigenvalue weighted by molar-refractivity contribution is 0.214. The zero-order valence-corrected chi connectivity index (χ0v) is 10.7. The molecule has 82 valence electrons. The molecule has 1 atom stereocenters. The van der Waals surface area contributed by atoms with Crippen molar-refractivity contribution < 1.29 is 0 Å². The first-order chi connectivity index (χ1) is 6.09. The minimum Gasteiger partial charge on any atom is -0.306 e. The Hall–Kier alpha value is -0.0400. The predicted octanol–water partition coefficient (Wildman–Crippen LogP) is 3.79. The van der Waals surface area contributed by atoms with Crippen LogP contribution in [0.4, 0.5) is 0 Å². The van der Waals surface area contributed by atoms with Crippen LogP contribution in [0.25, 0.3) is 0 Å². The van der Waals surface area contributed by atoms with E-state index in [2.05, 4.69) is 39.8 Å². The molecule has 0 aromatic heterocycles. The van der Waals surface area contributed by atoms with Gasteiger partial charge in [-0.1, -0.05) is 47.5 Å². The second-order valence-electron chi connectivity index (χ2n) is 3.92. The summed E-state index contributed by atoms with van der Waals surface area (Å²) in [5, 5.41) is 0. The quantitative estimate of drug-likeness (QED) is 0.633. The van der Waals surface area contributed by atoms with E-state index in [-0.39, 0.29) is 0 Å². The number of rotatable bonds is 5. The van der Waals surface area contributed by atoms with E-state index in [4.69, 9.17) is 0 Å². The molecule has 0 N–H and O–H groups in total. The van der Waals surface area contributed by atoms with Gasteiger partial charge in [-0.2, -0.15) is 0 Å². The molecule has 0 aromatic rings. The maximum absolute atomic E-state index is 2.35. The zero-order chi connectivity index (χ0) is 10.9. The number of nitrogens with zero attached hydrogens (tertiary/aromatic N) is 1. The molecule has 1 heteroatoms. The Morgan fingerprint density at radius 2 is 1.54 bits per heavy atom. The second-order valence-corrected chi connectivity index (χ2v) is 3.92. The summed E-state index contributed by atoms with van der Waals surface area (Å²) in [5.74, 6) is 0.788. The van der Waals surface area contributed by atoms with E-state index in [0.717, 1.165) is 12.0 Å². The molecule has 0 aliphatic rings. The van der Waals surface area contributed by atoms with Crippen molar-refractivity contribution in [1.82, 2.24) is 4.90 Å². The highest BCUT2D eigenvalue weighted by atomic mass is 15.1. The molecule has 0 aliphatic heterocycles. The Morgan fingerprint density at radius 1 is 1.08 bits per heavy atom. The standard InChI is InChI=1S/C10H23N.C2H6/c1-6-7-8-10(9(2)3)11(4)5;1-2/h9-10H,6-8H2,1-5H3;1-2H3. The summed E-state index contributed by atoms with van der Waals surface area (Å²) in [6, 6.07) is 0.773. The number of hydrogen-bond donors (Lipinski definition) is 0. The van der Waals surface area contributed by atoms with Crippen molar-refractivity contribution in [2.24, 2.45) is 5.92 Å². The maximum Gasteiger partial charge on any atom is 0.0112 e. The van der Waals surface area contributed by atoms with Crippen molar-refractivity contribution in [1.29, 1.82) is 0 Å².